The summed E-state index contributed by atoms with van der Waals surface area (Å²) in [5.41, 5.74) is 1.26. The molecule has 108 valence electrons. The van der Waals surface area contributed by atoms with E-state index >= 15 is 0 Å². The fraction of sp³-hybridized carbons (Fsp3) is 0.500. The van der Waals surface area contributed by atoms with Crippen molar-refractivity contribution in [3.05, 3.63) is 24.3 Å². The van der Waals surface area contributed by atoms with Crippen molar-refractivity contribution >= 4 is 11.8 Å². The van der Waals surface area contributed by atoms with Gasteiger partial charge in [-0.3, -0.25) is 4.48 Å². The molecule has 4 nitrogen and oxygen atoms in total. The van der Waals surface area contributed by atoms with E-state index in [0.29, 0.717) is 5.75 Å². The molecule has 0 saturated carbocycles. The van der Waals surface area contributed by atoms with E-state index in [0.717, 1.165) is 24.1 Å². The number of rotatable bonds is 5. The molecule has 0 bridgehead atoms. The molecule has 0 fully saturated rings. The first-order valence-corrected chi connectivity index (χ1v) is 6.48. The Morgan fingerprint density at radius 3 is 1.95 bits per heavy atom. The summed E-state index contributed by atoms with van der Waals surface area (Å²) < 4.78 is 6.02. The third-order valence-electron chi connectivity index (χ3n) is 3.62. The highest BCUT2D eigenvalue weighted by molar-refractivity contribution is 5.70. The number of nitrogens with zero attached hydrogens (tertiary/aromatic N) is 1. The number of ether oxygens (including phenoxy) is 1. The Balaban J connectivity index is 0.00000324. The van der Waals surface area contributed by atoms with E-state index in [-0.39, 0.29) is 24.0 Å². The van der Waals surface area contributed by atoms with Crippen LogP contribution in [0.2, 0.25) is 0 Å². The summed E-state index contributed by atoms with van der Waals surface area (Å²) in [6.45, 7) is 9.76. The van der Waals surface area contributed by atoms with Crippen molar-refractivity contribution in [2.75, 3.05) is 26.7 Å². The third-order valence-corrected chi connectivity index (χ3v) is 3.62. The number of benzene rings is 1. The molecule has 0 aromatic heterocycles. The summed E-state index contributed by atoms with van der Waals surface area (Å²) in [6, 6.07) is 7.76. The Morgan fingerprint density at radius 2 is 1.58 bits per heavy atom. The lowest BCUT2D eigenvalue weighted by Crippen LogP contribution is -3.00. The molecular formula is C14H23IN2O2. The van der Waals surface area contributed by atoms with Gasteiger partial charge in [-0.2, -0.15) is 0 Å². The Bertz CT molecular complexity index is 381. The van der Waals surface area contributed by atoms with Crippen molar-refractivity contribution in [1.82, 2.24) is 9.80 Å². The number of carbonyl (C=O) groups excluding carboxylic acids is 1. The SMILES string of the molecule is CC[N+](CC)(CC)c1ccc(OC(=O)NC)cc1.[I-]. The second-order valence-corrected chi connectivity index (χ2v) is 4.23. The van der Waals surface area contributed by atoms with Crippen molar-refractivity contribution in [3.8, 4) is 5.75 Å². The lowest BCUT2D eigenvalue weighted by atomic mass is 10.2. The average Bonchev–Trinajstić information content (AvgIpc) is 2.43. The highest BCUT2D eigenvalue weighted by Crippen LogP contribution is 2.25. The molecule has 5 heteroatoms. The summed E-state index contributed by atoms with van der Waals surface area (Å²) in [6.07, 6.45) is -0.440. The molecule has 19 heavy (non-hydrogen) atoms. The molecule has 1 aromatic carbocycles. The van der Waals surface area contributed by atoms with E-state index in [2.05, 4.69) is 26.1 Å². The normalized spacial score (nSPS) is 10.5. The van der Waals surface area contributed by atoms with Crippen molar-refractivity contribution in [1.29, 1.82) is 0 Å². The van der Waals surface area contributed by atoms with E-state index in [1.165, 1.54) is 5.69 Å². The van der Waals surface area contributed by atoms with Gasteiger partial charge in [0.05, 0.1) is 19.6 Å². The molecule has 1 aromatic rings. The number of quaternary nitrogens is 1. The zero-order valence-electron chi connectivity index (χ0n) is 12.1. The van der Waals surface area contributed by atoms with Crippen molar-refractivity contribution in [3.63, 3.8) is 0 Å². The van der Waals surface area contributed by atoms with Crippen LogP contribution in [0.5, 0.6) is 5.75 Å². The maximum absolute atomic E-state index is 11.1. The maximum Gasteiger partial charge on any atom is 0.412 e. The van der Waals surface area contributed by atoms with Crippen LogP contribution in [0.15, 0.2) is 24.3 Å². The van der Waals surface area contributed by atoms with Gasteiger partial charge in [0.15, 0.2) is 0 Å². The standard InChI is InChI=1S/C14H22N2O2.HI/c1-5-16(6-2,7-3)12-8-10-13(11-9-12)18-14(17)15-4;/h8-11H,5-7H2,1-4H3;1H. The van der Waals surface area contributed by atoms with Gasteiger partial charge in [0, 0.05) is 19.2 Å². The molecule has 0 saturated heterocycles. The largest absolute Gasteiger partial charge is 1.00 e. The molecule has 0 aliphatic rings. The van der Waals surface area contributed by atoms with E-state index in [1.54, 1.807) is 7.05 Å². The van der Waals surface area contributed by atoms with Gasteiger partial charge in [-0.25, -0.2) is 4.79 Å². The predicted molar refractivity (Wildman–Crippen MR) is 74.9 cm³/mol. The molecule has 0 spiro atoms. The Morgan fingerprint density at radius 1 is 1.11 bits per heavy atom. The predicted octanol–water partition coefficient (Wildman–Crippen LogP) is -0.224. The quantitative estimate of drug-likeness (QED) is 0.568. The smallest absolute Gasteiger partial charge is 0.412 e. The minimum atomic E-state index is -0.440. The Hall–Kier alpha value is -0.820. The Labute approximate surface area is 132 Å². The molecule has 1 N–H and O–H groups in total. The van der Waals surface area contributed by atoms with Crippen LogP contribution in [-0.4, -0.2) is 32.8 Å². The molecule has 1 rings (SSSR count). The van der Waals surface area contributed by atoms with Crippen LogP contribution < -0.4 is 38.5 Å². The van der Waals surface area contributed by atoms with Gasteiger partial charge >= 0.3 is 6.09 Å². The lowest BCUT2D eigenvalue weighted by molar-refractivity contribution is -0.00000884. The average molecular weight is 378 g/mol. The van der Waals surface area contributed by atoms with Crippen molar-refractivity contribution in [2.24, 2.45) is 0 Å². The fourth-order valence-electron chi connectivity index (χ4n) is 2.21. The first-order valence-electron chi connectivity index (χ1n) is 6.48. The van der Waals surface area contributed by atoms with E-state index in [9.17, 15) is 4.79 Å². The van der Waals surface area contributed by atoms with Crippen LogP contribution in [0.1, 0.15) is 20.8 Å². The molecule has 0 aliphatic carbocycles. The monoisotopic (exact) mass is 378 g/mol. The summed E-state index contributed by atoms with van der Waals surface area (Å²) in [4.78, 5) is 11.1. The molecular weight excluding hydrogens is 355 g/mol. The first-order chi connectivity index (χ1) is 8.61. The van der Waals surface area contributed by atoms with Crippen LogP contribution in [0.3, 0.4) is 0 Å². The van der Waals surface area contributed by atoms with E-state index in [1.807, 2.05) is 24.3 Å². The summed E-state index contributed by atoms with van der Waals surface area (Å²) in [5.74, 6) is 0.569. The van der Waals surface area contributed by atoms with Crippen molar-refractivity contribution < 1.29 is 33.5 Å². The van der Waals surface area contributed by atoms with Gasteiger partial charge < -0.3 is 34.0 Å². The van der Waals surface area contributed by atoms with Crippen molar-refractivity contribution in [2.45, 2.75) is 20.8 Å². The summed E-state index contributed by atoms with van der Waals surface area (Å²) >= 11 is 0. The van der Waals surface area contributed by atoms with E-state index < -0.39 is 6.09 Å². The first kappa shape index (κ1) is 18.2. The van der Waals surface area contributed by atoms with Gasteiger partial charge in [-0.1, -0.05) is 0 Å². The minimum Gasteiger partial charge on any atom is -1.00 e. The van der Waals surface area contributed by atoms with Gasteiger partial charge in [0.2, 0.25) is 0 Å². The van der Waals surface area contributed by atoms with Gasteiger partial charge in [-0.05, 0) is 32.9 Å². The highest BCUT2D eigenvalue weighted by atomic mass is 127. The van der Waals surface area contributed by atoms with Crippen LogP contribution in [-0.2, 0) is 0 Å². The van der Waals surface area contributed by atoms with Crippen LogP contribution in [0, 0.1) is 0 Å². The zero-order valence-corrected chi connectivity index (χ0v) is 14.2. The number of hydrogen-bond acceptors (Lipinski definition) is 2. The second-order valence-electron chi connectivity index (χ2n) is 4.23. The number of hydrogen-bond donors (Lipinski definition) is 1. The lowest BCUT2D eigenvalue weighted by Gasteiger charge is -2.35. The third kappa shape index (κ3) is 4.35. The highest BCUT2D eigenvalue weighted by Gasteiger charge is 2.23. The van der Waals surface area contributed by atoms with Gasteiger partial charge in [-0.15, -0.1) is 0 Å². The van der Waals surface area contributed by atoms with Crippen LogP contribution in [0.4, 0.5) is 10.5 Å². The molecule has 0 heterocycles. The number of amides is 1. The summed E-state index contributed by atoms with van der Waals surface area (Å²) in [7, 11) is 1.55. The number of halogens is 1. The van der Waals surface area contributed by atoms with Gasteiger partial charge in [0.1, 0.15) is 11.4 Å². The molecule has 0 atom stereocenters. The summed E-state index contributed by atoms with van der Waals surface area (Å²) in [5, 5.41) is 2.43. The number of nitrogens with one attached hydrogen (secondary N) is 1. The van der Waals surface area contributed by atoms with Gasteiger partial charge in [0.25, 0.3) is 0 Å². The molecule has 1 amide bonds. The molecule has 0 aliphatic heterocycles. The molecule has 0 unspecified atom stereocenters. The van der Waals surface area contributed by atoms with Crippen LogP contribution >= 0.6 is 0 Å². The second kappa shape index (κ2) is 8.37. The number of carbonyl (C=O) groups is 1. The van der Waals surface area contributed by atoms with Crippen LogP contribution in [0.25, 0.3) is 0 Å². The molecule has 0 radical (unpaired) electrons. The zero-order chi connectivity index (χ0) is 13.6. The topological polar surface area (TPSA) is 38.3 Å². The fourth-order valence-corrected chi connectivity index (χ4v) is 2.21. The minimum absolute atomic E-state index is 0. The maximum atomic E-state index is 11.1. The Kier molecular flexibility index (Phi) is 8.01. The van der Waals surface area contributed by atoms with E-state index in [4.69, 9.17) is 4.74 Å².